The summed E-state index contributed by atoms with van der Waals surface area (Å²) in [5.41, 5.74) is 8.47. The Morgan fingerprint density at radius 3 is 1.73 bits per heavy atom. The van der Waals surface area contributed by atoms with Crippen LogP contribution in [0.25, 0.3) is 0 Å². The van der Waals surface area contributed by atoms with Crippen molar-refractivity contribution in [3.05, 3.63) is 77.9 Å². The number of anilines is 5. The lowest BCUT2D eigenvalue weighted by Gasteiger charge is -2.35. The van der Waals surface area contributed by atoms with Crippen LogP contribution in [0, 0.1) is 13.8 Å². The molecule has 4 rings (SSSR count). The van der Waals surface area contributed by atoms with Gasteiger partial charge in [-0.1, -0.05) is 42.5 Å². The average Bonchev–Trinajstić information content (AvgIpc) is 2.55. The second kappa shape index (κ2) is 4.92. The van der Waals surface area contributed by atoms with Gasteiger partial charge in [-0.15, -0.1) is 0 Å². The smallest absolute Gasteiger partial charge is 0.0700 e. The van der Waals surface area contributed by atoms with Crippen molar-refractivity contribution in [3.63, 3.8) is 0 Å². The summed E-state index contributed by atoms with van der Waals surface area (Å²) < 4.78 is 0. The Morgan fingerprint density at radius 2 is 1.18 bits per heavy atom. The van der Waals surface area contributed by atoms with E-state index in [1.165, 1.54) is 39.6 Å². The molecule has 0 atom stereocenters. The summed E-state index contributed by atoms with van der Waals surface area (Å²) in [6.07, 6.45) is 0. The molecule has 2 heteroatoms. The predicted octanol–water partition coefficient (Wildman–Crippen LogP) is 5.83. The molecule has 0 amide bonds. The highest BCUT2D eigenvalue weighted by molar-refractivity contribution is 5.98. The zero-order chi connectivity index (χ0) is 15.1. The zero-order valence-electron chi connectivity index (χ0n) is 12.8. The van der Waals surface area contributed by atoms with E-state index in [0.29, 0.717) is 0 Å². The topological polar surface area (TPSA) is 15.3 Å². The van der Waals surface area contributed by atoms with Crippen LogP contribution >= 0.6 is 0 Å². The highest BCUT2D eigenvalue weighted by Gasteiger charge is 2.25. The normalized spacial score (nSPS) is 12.4. The van der Waals surface area contributed by atoms with Crippen molar-refractivity contribution in [1.82, 2.24) is 0 Å². The Balaban J connectivity index is 2.02. The molecule has 2 nitrogen and oxygen atoms in total. The molecule has 0 spiro atoms. The van der Waals surface area contributed by atoms with Gasteiger partial charge in [0.05, 0.1) is 22.7 Å². The van der Waals surface area contributed by atoms with E-state index in [4.69, 9.17) is 0 Å². The molecule has 22 heavy (non-hydrogen) atoms. The molecule has 1 aliphatic heterocycles. The second-order valence-corrected chi connectivity index (χ2v) is 5.73. The number of fused-ring (bicyclic) bond motifs is 2. The summed E-state index contributed by atoms with van der Waals surface area (Å²) in [4.78, 5) is 2.33. The van der Waals surface area contributed by atoms with Gasteiger partial charge >= 0.3 is 0 Å². The first-order valence-electron chi connectivity index (χ1n) is 7.57. The predicted molar refractivity (Wildman–Crippen MR) is 93.9 cm³/mol. The number of rotatable bonds is 1. The minimum Gasteiger partial charge on any atom is -0.352 e. The third-order valence-electron chi connectivity index (χ3n) is 4.25. The van der Waals surface area contributed by atoms with Gasteiger partial charge in [0.25, 0.3) is 0 Å². The quantitative estimate of drug-likeness (QED) is 0.473. The number of nitrogens with one attached hydrogen (secondary N) is 1. The van der Waals surface area contributed by atoms with E-state index in [0.717, 1.165) is 0 Å². The van der Waals surface area contributed by atoms with Gasteiger partial charge in [0.2, 0.25) is 0 Å². The summed E-state index contributed by atoms with van der Waals surface area (Å²) in [5, 5.41) is 3.64. The van der Waals surface area contributed by atoms with Gasteiger partial charge in [-0.2, -0.15) is 0 Å². The largest absolute Gasteiger partial charge is 0.352 e. The molecule has 3 aromatic carbocycles. The van der Waals surface area contributed by atoms with E-state index in [2.05, 4.69) is 90.8 Å². The molecule has 0 fully saturated rings. The van der Waals surface area contributed by atoms with Crippen LogP contribution in [-0.2, 0) is 0 Å². The van der Waals surface area contributed by atoms with Gasteiger partial charge in [0, 0.05) is 5.69 Å². The van der Waals surface area contributed by atoms with Gasteiger partial charge in [0.15, 0.2) is 0 Å². The molecule has 0 saturated carbocycles. The Bertz CT molecular complexity index is 786. The average molecular weight is 286 g/mol. The van der Waals surface area contributed by atoms with Crippen molar-refractivity contribution in [1.29, 1.82) is 0 Å². The zero-order valence-corrected chi connectivity index (χ0v) is 12.8. The van der Waals surface area contributed by atoms with Crippen molar-refractivity contribution < 1.29 is 0 Å². The van der Waals surface area contributed by atoms with Gasteiger partial charge in [0.1, 0.15) is 0 Å². The molecule has 0 aliphatic carbocycles. The molecule has 1 aliphatic rings. The summed E-state index contributed by atoms with van der Waals surface area (Å²) in [5.74, 6) is 0. The number of benzene rings is 3. The molecule has 108 valence electrons. The van der Waals surface area contributed by atoms with Crippen molar-refractivity contribution >= 4 is 28.4 Å². The van der Waals surface area contributed by atoms with Crippen molar-refractivity contribution in [3.8, 4) is 0 Å². The van der Waals surface area contributed by atoms with Crippen LogP contribution in [0.4, 0.5) is 28.4 Å². The van der Waals surface area contributed by atoms with Crippen LogP contribution in [0.15, 0.2) is 66.7 Å². The Labute approximate surface area is 131 Å². The van der Waals surface area contributed by atoms with Crippen molar-refractivity contribution in [2.75, 3.05) is 10.2 Å². The molecule has 0 bridgehead atoms. The van der Waals surface area contributed by atoms with E-state index in [9.17, 15) is 0 Å². The van der Waals surface area contributed by atoms with Gasteiger partial charge in [-0.05, 0) is 49.2 Å². The van der Waals surface area contributed by atoms with Crippen LogP contribution in [-0.4, -0.2) is 0 Å². The molecular weight excluding hydrogens is 268 g/mol. The van der Waals surface area contributed by atoms with Crippen LogP contribution in [0.5, 0.6) is 0 Å². The van der Waals surface area contributed by atoms with Gasteiger partial charge in [-0.25, -0.2) is 0 Å². The molecule has 1 N–H and O–H groups in total. The third-order valence-corrected chi connectivity index (χ3v) is 4.25. The molecule has 3 aromatic rings. The third kappa shape index (κ3) is 1.88. The fourth-order valence-corrected chi connectivity index (χ4v) is 3.11. The van der Waals surface area contributed by atoms with Gasteiger partial charge < -0.3 is 10.2 Å². The fraction of sp³-hybridized carbons (Fsp3) is 0.100. The summed E-state index contributed by atoms with van der Waals surface area (Å²) in [6.45, 7) is 4.30. The molecular formula is C20H18N2. The first-order chi connectivity index (χ1) is 10.8. The lowest BCUT2D eigenvalue weighted by molar-refractivity contribution is 1.22. The van der Waals surface area contributed by atoms with Crippen LogP contribution < -0.4 is 10.2 Å². The number of nitrogens with zero attached hydrogens (tertiary/aromatic N) is 1. The second-order valence-electron chi connectivity index (χ2n) is 5.73. The van der Waals surface area contributed by atoms with Crippen molar-refractivity contribution in [2.45, 2.75) is 13.8 Å². The lowest BCUT2D eigenvalue weighted by atomic mass is 10.0. The van der Waals surface area contributed by atoms with E-state index < -0.39 is 0 Å². The monoisotopic (exact) mass is 286 g/mol. The molecule has 0 radical (unpaired) electrons. The Morgan fingerprint density at radius 1 is 0.636 bits per heavy atom. The van der Waals surface area contributed by atoms with E-state index >= 15 is 0 Å². The molecule has 1 heterocycles. The lowest BCUT2D eigenvalue weighted by Crippen LogP contribution is -2.18. The Hall–Kier alpha value is -2.74. The first kappa shape index (κ1) is 13.0. The maximum atomic E-state index is 3.64. The fourth-order valence-electron chi connectivity index (χ4n) is 3.11. The van der Waals surface area contributed by atoms with Crippen LogP contribution in [0.2, 0.25) is 0 Å². The molecule has 0 aromatic heterocycles. The van der Waals surface area contributed by atoms with Crippen LogP contribution in [0.1, 0.15) is 11.1 Å². The number of hydrogen-bond acceptors (Lipinski definition) is 2. The van der Waals surface area contributed by atoms with Crippen molar-refractivity contribution in [2.24, 2.45) is 0 Å². The maximum Gasteiger partial charge on any atom is 0.0700 e. The SMILES string of the molecule is Cc1cccc2c1Nc1c(C)cccc1N2c1ccccc1. The highest BCUT2D eigenvalue weighted by Crippen LogP contribution is 2.49. The molecule has 0 unspecified atom stereocenters. The standard InChI is InChI=1S/C20H18N2/c1-14-8-6-12-17-19(14)21-20-15(2)9-7-13-18(20)22(17)16-10-4-3-5-11-16/h3-13,21H,1-2H3. The Kier molecular flexibility index (Phi) is 2.90. The first-order valence-corrected chi connectivity index (χ1v) is 7.57. The van der Waals surface area contributed by atoms with Gasteiger partial charge in [-0.3, -0.25) is 0 Å². The number of para-hydroxylation sites is 3. The van der Waals surface area contributed by atoms with Crippen LogP contribution in [0.3, 0.4) is 0 Å². The molecule has 0 saturated heterocycles. The van der Waals surface area contributed by atoms with E-state index in [1.54, 1.807) is 0 Å². The number of aryl methyl sites for hydroxylation is 2. The highest BCUT2D eigenvalue weighted by atomic mass is 15.2. The van der Waals surface area contributed by atoms with E-state index in [1.807, 2.05) is 0 Å². The minimum atomic E-state index is 1.18. The maximum absolute atomic E-state index is 3.64. The minimum absolute atomic E-state index is 1.18. The van der Waals surface area contributed by atoms with E-state index in [-0.39, 0.29) is 0 Å². The number of hydrogen-bond donors (Lipinski definition) is 1. The summed E-state index contributed by atoms with van der Waals surface area (Å²) in [6, 6.07) is 23.4. The summed E-state index contributed by atoms with van der Waals surface area (Å²) in [7, 11) is 0. The summed E-state index contributed by atoms with van der Waals surface area (Å²) >= 11 is 0.